The third kappa shape index (κ3) is 5.47. The van der Waals surface area contributed by atoms with E-state index in [1.165, 1.54) is 0 Å². The molecule has 1 amide bonds. The summed E-state index contributed by atoms with van der Waals surface area (Å²) in [5, 5.41) is 3.49. The number of carbonyl (C=O) groups is 1. The average Bonchev–Trinajstić information content (AvgIpc) is 3.22. The monoisotopic (exact) mass is 418 g/mol. The molecule has 0 aliphatic carbocycles. The third-order valence-corrected chi connectivity index (χ3v) is 4.84. The van der Waals surface area contributed by atoms with E-state index in [0.29, 0.717) is 28.5 Å². The van der Waals surface area contributed by atoms with Crippen LogP contribution < -0.4 is 19.9 Å². The van der Waals surface area contributed by atoms with Gasteiger partial charge in [0.1, 0.15) is 5.75 Å². The number of nitrogens with zero attached hydrogens (tertiary/aromatic N) is 5. The number of rotatable bonds is 7. The lowest BCUT2D eigenvalue weighted by Crippen LogP contribution is -2.46. The van der Waals surface area contributed by atoms with Crippen molar-refractivity contribution in [2.45, 2.75) is 38.8 Å². The van der Waals surface area contributed by atoms with Crippen molar-refractivity contribution in [3.8, 4) is 5.75 Å². The summed E-state index contributed by atoms with van der Waals surface area (Å²) in [6.07, 6.45) is 2.26. The van der Waals surface area contributed by atoms with Gasteiger partial charge in [-0.3, -0.25) is 4.79 Å². The molecule has 1 N–H and O–H groups in total. The molecule has 8 nitrogen and oxygen atoms in total. The van der Waals surface area contributed by atoms with Crippen molar-refractivity contribution >= 4 is 29.4 Å². The molecular formula is C20H27ClN6O2. The van der Waals surface area contributed by atoms with Gasteiger partial charge in [-0.1, -0.05) is 11.6 Å². The average molecular weight is 419 g/mol. The van der Waals surface area contributed by atoms with Gasteiger partial charge in [0.15, 0.2) is 11.4 Å². The molecule has 156 valence electrons. The quantitative estimate of drug-likeness (QED) is 0.739. The molecule has 0 bridgehead atoms. The Labute approximate surface area is 176 Å². The zero-order valence-electron chi connectivity index (χ0n) is 17.3. The summed E-state index contributed by atoms with van der Waals surface area (Å²) in [7, 11) is 3.77. The molecule has 1 aromatic heterocycles. The highest BCUT2D eigenvalue weighted by Gasteiger charge is 2.30. The summed E-state index contributed by atoms with van der Waals surface area (Å²) in [5.74, 6) is 2.05. The van der Waals surface area contributed by atoms with E-state index in [4.69, 9.17) is 16.3 Å². The van der Waals surface area contributed by atoms with Gasteiger partial charge >= 0.3 is 0 Å². The number of amides is 1. The fraction of sp³-hybridized carbons (Fsp3) is 0.500. The summed E-state index contributed by atoms with van der Waals surface area (Å²) in [5.41, 5.74) is -1.07. The second kappa shape index (κ2) is 8.82. The van der Waals surface area contributed by atoms with E-state index in [0.717, 1.165) is 25.9 Å². The van der Waals surface area contributed by atoms with Crippen LogP contribution in [-0.4, -0.2) is 53.6 Å². The lowest BCUT2D eigenvalue weighted by molar-refractivity contribution is -0.134. The van der Waals surface area contributed by atoms with Crippen LogP contribution in [0.5, 0.6) is 5.75 Å². The summed E-state index contributed by atoms with van der Waals surface area (Å²) in [6.45, 7) is 5.49. The first kappa shape index (κ1) is 21.1. The van der Waals surface area contributed by atoms with Crippen LogP contribution in [0.1, 0.15) is 32.5 Å². The maximum Gasteiger partial charge on any atom is 0.263 e. The first-order valence-electron chi connectivity index (χ1n) is 9.65. The number of benzene rings is 1. The summed E-state index contributed by atoms with van der Waals surface area (Å²) < 4.78 is 5.83. The van der Waals surface area contributed by atoms with Crippen LogP contribution in [0, 0.1) is 0 Å². The van der Waals surface area contributed by atoms with Crippen molar-refractivity contribution < 1.29 is 9.53 Å². The van der Waals surface area contributed by atoms with E-state index in [1.807, 2.05) is 19.0 Å². The Morgan fingerprint density at radius 3 is 2.45 bits per heavy atom. The van der Waals surface area contributed by atoms with E-state index in [1.54, 1.807) is 38.1 Å². The Balaban J connectivity index is 1.68. The first-order chi connectivity index (χ1) is 13.7. The van der Waals surface area contributed by atoms with E-state index in [9.17, 15) is 4.79 Å². The Morgan fingerprint density at radius 2 is 1.83 bits per heavy atom. The molecule has 0 atom stereocenters. The SMILES string of the molecule is CN(C)c1nc(CNC(=O)C(C)(C)Oc2ccc(Cl)cc2)nc(N2CCCC2)n1. The summed E-state index contributed by atoms with van der Waals surface area (Å²) in [6, 6.07) is 6.90. The lowest BCUT2D eigenvalue weighted by Gasteiger charge is -2.25. The number of halogens is 1. The van der Waals surface area contributed by atoms with Crippen molar-refractivity contribution in [2.24, 2.45) is 0 Å². The number of carbonyl (C=O) groups excluding carboxylic acids is 1. The first-order valence-corrected chi connectivity index (χ1v) is 10.0. The molecule has 1 aromatic carbocycles. The van der Waals surface area contributed by atoms with Crippen LogP contribution in [0.3, 0.4) is 0 Å². The minimum Gasteiger partial charge on any atom is -0.478 e. The van der Waals surface area contributed by atoms with Gasteiger partial charge in [0.25, 0.3) is 5.91 Å². The van der Waals surface area contributed by atoms with Crippen molar-refractivity contribution in [3.63, 3.8) is 0 Å². The van der Waals surface area contributed by atoms with E-state index in [2.05, 4.69) is 25.2 Å². The van der Waals surface area contributed by atoms with Crippen LogP contribution in [0.4, 0.5) is 11.9 Å². The summed E-state index contributed by atoms with van der Waals surface area (Å²) >= 11 is 5.90. The lowest BCUT2D eigenvalue weighted by atomic mass is 10.1. The standard InChI is InChI=1S/C20H27ClN6O2/c1-20(2,29-15-9-7-14(21)8-10-15)17(28)22-13-16-23-18(26(3)4)25-19(24-16)27-11-5-6-12-27/h7-10H,5-6,11-13H2,1-4H3,(H,22,28). The summed E-state index contributed by atoms with van der Waals surface area (Å²) in [4.78, 5) is 30.2. The largest absolute Gasteiger partial charge is 0.478 e. The van der Waals surface area contributed by atoms with Gasteiger partial charge in [-0.2, -0.15) is 15.0 Å². The topological polar surface area (TPSA) is 83.5 Å². The van der Waals surface area contributed by atoms with Crippen molar-refractivity contribution in [1.29, 1.82) is 0 Å². The fourth-order valence-corrected chi connectivity index (χ4v) is 3.07. The van der Waals surface area contributed by atoms with E-state index >= 15 is 0 Å². The van der Waals surface area contributed by atoms with Gasteiger partial charge in [0, 0.05) is 32.2 Å². The van der Waals surface area contributed by atoms with Crippen molar-refractivity contribution in [1.82, 2.24) is 20.3 Å². The Hall–Kier alpha value is -2.61. The number of hydrogen-bond donors (Lipinski definition) is 1. The predicted octanol–water partition coefficient (Wildman–Crippen LogP) is 2.67. The van der Waals surface area contributed by atoms with Gasteiger partial charge in [-0.15, -0.1) is 0 Å². The molecule has 0 unspecified atom stereocenters. The number of aromatic nitrogens is 3. The molecule has 0 radical (unpaired) electrons. The molecule has 29 heavy (non-hydrogen) atoms. The van der Waals surface area contributed by atoms with Crippen LogP contribution in [0.2, 0.25) is 5.02 Å². The van der Waals surface area contributed by atoms with Gasteiger partial charge in [0.05, 0.1) is 6.54 Å². The smallest absolute Gasteiger partial charge is 0.263 e. The van der Waals surface area contributed by atoms with Crippen molar-refractivity contribution in [2.75, 3.05) is 37.0 Å². The maximum absolute atomic E-state index is 12.7. The highest BCUT2D eigenvalue weighted by atomic mass is 35.5. The van der Waals surface area contributed by atoms with Crippen LogP contribution in [0.25, 0.3) is 0 Å². The van der Waals surface area contributed by atoms with Gasteiger partial charge in [-0.05, 0) is 51.0 Å². The van der Waals surface area contributed by atoms with Crippen LogP contribution in [0.15, 0.2) is 24.3 Å². The minimum atomic E-state index is -1.07. The number of nitrogens with one attached hydrogen (secondary N) is 1. The van der Waals surface area contributed by atoms with Crippen LogP contribution >= 0.6 is 11.6 Å². The van der Waals surface area contributed by atoms with Crippen molar-refractivity contribution in [3.05, 3.63) is 35.1 Å². The zero-order valence-corrected chi connectivity index (χ0v) is 18.0. The molecular weight excluding hydrogens is 392 g/mol. The highest BCUT2D eigenvalue weighted by Crippen LogP contribution is 2.21. The fourth-order valence-electron chi connectivity index (χ4n) is 2.95. The number of anilines is 2. The Kier molecular flexibility index (Phi) is 6.42. The third-order valence-electron chi connectivity index (χ3n) is 4.59. The Bertz CT molecular complexity index is 851. The maximum atomic E-state index is 12.7. The second-order valence-corrected chi connectivity index (χ2v) is 8.13. The van der Waals surface area contributed by atoms with Gasteiger partial charge < -0.3 is 19.9 Å². The highest BCUT2D eigenvalue weighted by molar-refractivity contribution is 6.30. The van der Waals surface area contributed by atoms with E-state index in [-0.39, 0.29) is 12.5 Å². The predicted molar refractivity (Wildman–Crippen MR) is 114 cm³/mol. The van der Waals surface area contributed by atoms with Crippen LogP contribution in [-0.2, 0) is 11.3 Å². The molecule has 2 aromatic rings. The molecule has 9 heteroatoms. The molecule has 3 rings (SSSR count). The molecule has 0 spiro atoms. The molecule has 1 fully saturated rings. The normalized spacial score (nSPS) is 14.0. The van der Waals surface area contributed by atoms with E-state index < -0.39 is 5.60 Å². The number of ether oxygens (including phenoxy) is 1. The molecule has 0 saturated carbocycles. The number of hydrogen-bond acceptors (Lipinski definition) is 7. The molecule has 1 aliphatic rings. The molecule has 2 heterocycles. The molecule has 1 saturated heterocycles. The second-order valence-electron chi connectivity index (χ2n) is 7.69. The molecule has 1 aliphatic heterocycles. The minimum absolute atomic E-state index is 0.191. The Morgan fingerprint density at radius 1 is 1.17 bits per heavy atom. The van der Waals surface area contributed by atoms with Gasteiger partial charge in [0.2, 0.25) is 11.9 Å². The van der Waals surface area contributed by atoms with Gasteiger partial charge in [-0.25, -0.2) is 0 Å². The zero-order chi connectivity index (χ0) is 21.0.